The first-order valence-corrected chi connectivity index (χ1v) is 5.75. The third kappa shape index (κ3) is 3.65. The van der Waals surface area contributed by atoms with Crippen LogP contribution in [-0.2, 0) is 9.47 Å². The lowest BCUT2D eigenvalue weighted by molar-refractivity contribution is -0.300. The summed E-state index contributed by atoms with van der Waals surface area (Å²) in [5.41, 5.74) is 0. The Kier molecular flexibility index (Phi) is 5.87. The van der Waals surface area contributed by atoms with E-state index >= 15 is 0 Å². The number of rotatable bonds is 5. The minimum Gasteiger partial charge on any atom is -0.394 e. The van der Waals surface area contributed by atoms with E-state index in [1.807, 2.05) is 0 Å². The molecule has 1 saturated heterocycles. The van der Waals surface area contributed by atoms with Crippen LogP contribution in [0.5, 0.6) is 0 Å². The molecule has 4 unspecified atom stereocenters. The maximum absolute atomic E-state index is 9.61. The Morgan fingerprint density at radius 3 is 2.47 bits per heavy atom. The molecule has 7 heteroatoms. The van der Waals surface area contributed by atoms with E-state index in [2.05, 4.69) is 19.2 Å². The van der Waals surface area contributed by atoms with Crippen molar-refractivity contribution in [3.63, 3.8) is 0 Å². The summed E-state index contributed by atoms with van der Waals surface area (Å²) in [5, 5.41) is 37.3. The monoisotopic (exact) mass is 266 g/mol. The van der Waals surface area contributed by atoms with Gasteiger partial charge in [-0.3, -0.25) is 0 Å². The van der Waals surface area contributed by atoms with Crippen molar-refractivity contribution in [3.05, 3.63) is 12.7 Å². The number of aliphatic hydroxyl groups excluding tert-OH is 4. The van der Waals surface area contributed by atoms with Gasteiger partial charge in [0.25, 0.3) is 0 Å². The molecule has 1 rings (SSSR count). The smallest absolute Gasteiger partial charge is 0.186 e. The molecule has 0 aromatic heterocycles. The Labute approximate surface area is 105 Å². The molecule has 0 saturated carbocycles. The van der Waals surface area contributed by atoms with Gasteiger partial charge in [0, 0.05) is 5.25 Å². The minimum atomic E-state index is -1.42. The summed E-state index contributed by atoms with van der Waals surface area (Å²) in [5.74, 6) is 0. The van der Waals surface area contributed by atoms with Crippen LogP contribution in [0, 0.1) is 0 Å². The molecule has 6 atom stereocenters. The summed E-state index contributed by atoms with van der Waals surface area (Å²) in [6.45, 7) is 3.17. The minimum absolute atomic E-state index is 0.134. The van der Waals surface area contributed by atoms with Crippen molar-refractivity contribution in [2.75, 3.05) is 13.2 Å². The van der Waals surface area contributed by atoms with Gasteiger partial charge in [-0.1, -0.05) is 6.08 Å². The normalized spacial score (nSPS) is 39.9. The third-order valence-electron chi connectivity index (χ3n) is 2.55. The highest BCUT2D eigenvalue weighted by Crippen LogP contribution is 2.22. The Morgan fingerprint density at radius 2 is 1.94 bits per heavy atom. The molecule has 1 fully saturated rings. The van der Waals surface area contributed by atoms with Crippen LogP contribution in [0.1, 0.15) is 0 Å². The molecule has 0 spiro atoms. The van der Waals surface area contributed by atoms with Crippen LogP contribution in [0.4, 0.5) is 0 Å². The second-order valence-electron chi connectivity index (χ2n) is 3.83. The average Bonchev–Trinajstić information content (AvgIpc) is 2.34. The summed E-state index contributed by atoms with van der Waals surface area (Å²) in [6, 6.07) is 0. The summed E-state index contributed by atoms with van der Waals surface area (Å²) < 4.78 is 10.3. The fraction of sp³-hybridized carbons (Fsp3) is 0.800. The van der Waals surface area contributed by atoms with Gasteiger partial charge in [-0.15, -0.1) is 6.58 Å². The van der Waals surface area contributed by atoms with Crippen LogP contribution in [-0.4, -0.2) is 69.6 Å². The van der Waals surface area contributed by atoms with Crippen LogP contribution in [0.2, 0.25) is 0 Å². The number of aliphatic hydroxyl groups is 4. The molecule has 6 nitrogen and oxygen atoms in total. The van der Waals surface area contributed by atoms with Gasteiger partial charge < -0.3 is 29.9 Å². The average molecular weight is 266 g/mol. The molecular weight excluding hydrogens is 248 g/mol. The highest BCUT2D eigenvalue weighted by Gasteiger charge is 2.43. The van der Waals surface area contributed by atoms with Crippen molar-refractivity contribution in [2.24, 2.45) is 0 Å². The van der Waals surface area contributed by atoms with Gasteiger partial charge in [0.1, 0.15) is 24.4 Å². The molecular formula is C10H18O6S. The highest BCUT2D eigenvalue weighted by atomic mass is 32.1. The fourth-order valence-corrected chi connectivity index (χ4v) is 1.55. The van der Waals surface area contributed by atoms with Crippen molar-refractivity contribution in [1.29, 1.82) is 0 Å². The van der Waals surface area contributed by atoms with E-state index in [0.717, 1.165) is 0 Å². The molecule has 0 aromatic carbocycles. The van der Waals surface area contributed by atoms with Crippen LogP contribution < -0.4 is 0 Å². The summed E-state index contributed by atoms with van der Waals surface area (Å²) in [6.07, 6.45) is -4.69. The lowest BCUT2D eigenvalue weighted by atomic mass is 9.99. The Morgan fingerprint density at radius 1 is 1.29 bits per heavy atom. The van der Waals surface area contributed by atoms with E-state index in [0.29, 0.717) is 0 Å². The van der Waals surface area contributed by atoms with Gasteiger partial charge in [0.05, 0.1) is 13.2 Å². The van der Waals surface area contributed by atoms with Gasteiger partial charge in [-0.2, -0.15) is 12.6 Å². The van der Waals surface area contributed by atoms with E-state index in [9.17, 15) is 15.3 Å². The molecule has 1 aliphatic heterocycles. The van der Waals surface area contributed by atoms with E-state index < -0.39 is 37.3 Å². The van der Waals surface area contributed by atoms with Gasteiger partial charge in [0.2, 0.25) is 0 Å². The van der Waals surface area contributed by atoms with Gasteiger partial charge in [-0.05, 0) is 0 Å². The largest absolute Gasteiger partial charge is 0.394 e. The predicted octanol–water partition coefficient (Wildman–Crippen LogP) is -1.71. The summed E-state index contributed by atoms with van der Waals surface area (Å²) in [7, 11) is 0. The number of hydrogen-bond acceptors (Lipinski definition) is 7. The third-order valence-corrected chi connectivity index (χ3v) is 2.91. The standard InChI is InChI=1S/C10H18O6S/c1-2-5(17)4-15-10-9(14)8(13)7(12)6(3-11)16-10/h2,5-14,17H,1,3-4H2/t5?,6?,7-,8?,9?,10-/m1/s1. The number of hydrogen-bond donors (Lipinski definition) is 5. The SMILES string of the molecule is C=CC(S)CO[C@@H]1OC(CO)[C@@H](O)C(O)C1O. The van der Waals surface area contributed by atoms with Crippen LogP contribution in [0.3, 0.4) is 0 Å². The van der Waals surface area contributed by atoms with Crippen molar-refractivity contribution in [3.8, 4) is 0 Å². The molecule has 4 N–H and O–H groups in total. The van der Waals surface area contributed by atoms with Gasteiger partial charge in [0.15, 0.2) is 6.29 Å². The molecule has 0 amide bonds. The molecule has 0 radical (unpaired) electrons. The Bertz CT molecular complexity index is 249. The van der Waals surface area contributed by atoms with Crippen molar-refractivity contribution in [2.45, 2.75) is 36.0 Å². The number of thiol groups is 1. The van der Waals surface area contributed by atoms with E-state index in [4.69, 9.17) is 14.6 Å². The lowest BCUT2D eigenvalue weighted by Gasteiger charge is -2.39. The van der Waals surface area contributed by atoms with Crippen LogP contribution >= 0.6 is 12.6 Å². The van der Waals surface area contributed by atoms with Gasteiger partial charge in [-0.25, -0.2) is 0 Å². The molecule has 0 aliphatic carbocycles. The second-order valence-corrected chi connectivity index (χ2v) is 4.50. The maximum Gasteiger partial charge on any atom is 0.186 e. The highest BCUT2D eigenvalue weighted by molar-refractivity contribution is 7.81. The van der Waals surface area contributed by atoms with Crippen molar-refractivity contribution < 1.29 is 29.9 Å². The first kappa shape index (κ1) is 14.9. The molecule has 1 aliphatic rings. The topological polar surface area (TPSA) is 99.4 Å². The van der Waals surface area contributed by atoms with Crippen LogP contribution in [0.25, 0.3) is 0 Å². The lowest BCUT2D eigenvalue weighted by Crippen LogP contribution is -2.59. The maximum atomic E-state index is 9.61. The molecule has 100 valence electrons. The zero-order valence-corrected chi connectivity index (χ0v) is 10.1. The first-order chi connectivity index (χ1) is 8.01. The van der Waals surface area contributed by atoms with E-state index in [1.54, 1.807) is 6.08 Å². The zero-order valence-electron chi connectivity index (χ0n) is 9.22. The quantitative estimate of drug-likeness (QED) is 0.300. The van der Waals surface area contributed by atoms with Crippen LogP contribution in [0.15, 0.2) is 12.7 Å². The van der Waals surface area contributed by atoms with E-state index in [1.165, 1.54) is 0 Å². The Hall–Kier alpha value is -0.150. The fourth-order valence-electron chi connectivity index (χ4n) is 1.47. The Balaban J connectivity index is 2.56. The molecule has 0 bridgehead atoms. The number of ether oxygens (including phenoxy) is 2. The predicted molar refractivity (Wildman–Crippen MR) is 62.7 cm³/mol. The van der Waals surface area contributed by atoms with Gasteiger partial charge >= 0.3 is 0 Å². The van der Waals surface area contributed by atoms with Crippen molar-refractivity contribution >= 4 is 12.6 Å². The summed E-state index contributed by atoms with van der Waals surface area (Å²) in [4.78, 5) is 0. The van der Waals surface area contributed by atoms with Crippen molar-refractivity contribution in [1.82, 2.24) is 0 Å². The second kappa shape index (κ2) is 6.69. The molecule has 17 heavy (non-hydrogen) atoms. The summed E-state index contributed by atoms with van der Waals surface area (Å²) >= 11 is 4.10. The first-order valence-electron chi connectivity index (χ1n) is 5.24. The molecule has 0 aromatic rings. The molecule has 1 heterocycles. The van der Waals surface area contributed by atoms with E-state index in [-0.39, 0.29) is 11.9 Å². The zero-order chi connectivity index (χ0) is 13.0.